The van der Waals surface area contributed by atoms with Gasteiger partial charge in [0, 0.05) is 51.7 Å². The van der Waals surface area contributed by atoms with Crippen molar-refractivity contribution in [2.24, 2.45) is 11.7 Å². The van der Waals surface area contributed by atoms with Gasteiger partial charge in [0.05, 0.1) is 0 Å². The molecule has 2 rings (SSSR count). The average Bonchev–Trinajstić information content (AvgIpc) is 3.15. The number of nitrogens with zero attached hydrogens (tertiary/aromatic N) is 2. The first-order chi connectivity index (χ1) is 8.65. The van der Waals surface area contributed by atoms with E-state index in [4.69, 9.17) is 5.73 Å². The van der Waals surface area contributed by atoms with Crippen LogP contribution >= 0.6 is 0 Å². The molecule has 1 amide bonds. The fraction of sp³-hybridized carbons (Fsp3) is 0.923. The van der Waals surface area contributed by atoms with E-state index in [-0.39, 0.29) is 11.9 Å². The summed E-state index contributed by atoms with van der Waals surface area (Å²) in [5.74, 6) is 0.719. The molecule has 5 nitrogen and oxygen atoms in total. The Morgan fingerprint density at radius 2 is 2.00 bits per heavy atom. The molecule has 1 aliphatic heterocycles. The summed E-state index contributed by atoms with van der Waals surface area (Å²) in [6, 6.07) is 0.0774. The number of hydrogen-bond donors (Lipinski definition) is 2. The quantitative estimate of drug-likeness (QED) is 0.669. The van der Waals surface area contributed by atoms with Crippen molar-refractivity contribution in [1.82, 2.24) is 15.1 Å². The highest BCUT2D eigenvalue weighted by Gasteiger charge is 2.29. The van der Waals surface area contributed by atoms with Gasteiger partial charge in [0.2, 0.25) is 5.91 Å². The fourth-order valence-electron chi connectivity index (χ4n) is 2.40. The maximum Gasteiger partial charge on any atom is 0.221 e. The van der Waals surface area contributed by atoms with E-state index in [0.29, 0.717) is 12.3 Å². The van der Waals surface area contributed by atoms with Crippen molar-refractivity contribution in [1.29, 1.82) is 0 Å². The molecular weight excluding hydrogens is 228 g/mol. The maximum absolute atomic E-state index is 11.7. The first kappa shape index (κ1) is 13.8. The monoisotopic (exact) mass is 254 g/mol. The van der Waals surface area contributed by atoms with Crippen molar-refractivity contribution in [3.63, 3.8) is 0 Å². The third kappa shape index (κ3) is 4.55. The lowest BCUT2D eigenvalue weighted by molar-refractivity contribution is -0.121. The van der Waals surface area contributed by atoms with Gasteiger partial charge in [0.1, 0.15) is 0 Å². The molecule has 0 aromatic carbocycles. The van der Waals surface area contributed by atoms with Crippen molar-refractivity contribution in [3.8, 4) is 0 Å². The normalized spacial score (nSPS) is 23.9. The Bertz CT molecular complexity index is 272. The number of amides is 1. The Morgan fingerprint density at radius 1 is 1.33 bits per heavy atom. The van der Waals surface area contributed by atoms with Crippen LogP contribution in [0.2, 0.25) is 0 Å². The van der Waals surface area contributed by atoms with Crippen molar-refractivity contribution in [2.75, 3.05) is 46.3 Å². The van der Waals surface area contributed by atoms with Gasteiger partial charge in [0.15, 0.2) is 0 Å². The zero-order valence-corrected chi connectivity index (χ0v) is 11.4. The van der Waals surface area contributed by atoms with E-state index >= 15 is 0 Å². The highest BCUT2D eigenvalue weighted by molar-refractivity contribution is 5.76. The maximum atomic E-state index is 11.7. The van der Waals surface area contributed by atoms with Gasteiger partial charge >= 0.3 is 0 Å². The van der Waals surface area contributed by atoms with E-state index < -0.39 is 0 Å². The number of piperazine rings is 1. The smallest absolute Gasteiger partial charge is 0.221 e. The fourth-order valence-corrected chi connectivity index (χ4v) is 2.40. The summed E-state index contributed by atoms with van der Waals surface area (Å²) < 4.78 is 0. The Kier molecular flexibility index (Phi) is 4.97. The SMILES string of the molecule is CN1CCN(CCNC(=O)CC(N)C2CC2)CC1. The van der Waals surface area contributed by atoms with Crippen molar-refractivity contribution in [3.05, 3.63) is 0 Å². The molecule has 104 valence electrons. The van der Waals surface area contributed by atoms with E-state index in [2.05, 4.69) is 22.2 Å². The predicted octanol–water partition coefficient (Wildman–Crippen LogP) is -0.523. The van der Waals surface area contributed by atoms with Crippen LogP contribution in [0.25, 0.3) is 0 Å². The molecule has 3 N–H and O–H groups in total. The zero-order valence-electron chi connectivity index (χ0n) is 11.4. The van der Waals surface area contributed by atoms with Crippen LogP contribution in [-0.4, -0.2) is 68.1 Å². The molecule has 0 aromatic heterocycles. The van der Waals surface area contributed by atoms with Gasteiger partial charge in [-0.05, 0) is 25.8 Å². The van der Waals surface area contributed by atoms with Crippen LogP contribution in [0.5, 0.6) is 0 Å². The van der Waals surface area contributed by atoms with Crippen LogP contribution in [0.4, 0.5) is 0 Å². The van der Waals surface area contributed by atoms with E-state index in [1.807, 2.05) is 0 Å². The molecule has 1 saturated heterocycles. The molecule has 1 aliphatic carbocycles. The first-order valence-corrected chi connectivity index (χ1v) is 7.08. The van der Waals surface area contributed by atoms with E-state index in [1.165, 1.54) is 12.8 Å². The molecule has 2 aliphatic rings. The minimum Gasteiger partial charge on any atom is -0.355 e. The number of nitrogens with one attached hydrogen (secondary N) is 1. The lowest BCUT2D eigenvalue weighted by Crippen LogP contribution is -2.47. The van der Waals surface area contributed by atoms with Gasteiger partial charge < -0.3 is 16.0 Å². The second-order valence-electron chi connectivity index (χ2n) is 5.70. The standard InChI is InChI=1S/C13H26N4O/c1-16-6-8-17(9-7-16)5-4-15-13(18)10-12(14)11-2-3-11/h11-12H,2-10,14H2,1H3,(H,15,18). The van der Waals surface area contributed by atoms with Gasteiger partial charge in [-0.25, -0.2) is 0 Å². The summed E-state index contributed by atoms with van der Waals surface area (Å²) in [5, 5.41) is 2.98. The summed E-state index contributed by atoms with van der Waals surface area (Å²) in [6.07, 6.45) is 2.90. The molecule has 0 radical (unpaired) electrons. The number of carbonyl (C=O) groups is 1. The Labute approximate surface area is 110 Å². The van der Waals surface area contributed by atoms with Crippen LogP contribution < -0.4 is 11.1 Å². The number of hydrogen-bond acceptors (Lipinski definition) is 4. The zero-order chi connectivity index (χ0) is 13.0. The van der Waals surface area contributed by atoms with E-state index in [9.17, 15) is 4.79 Å². The van der Waals surface area contributed by atoms with E-state index in [1.54, 1.807) is 0 Å². The molecule has 2 fully saturated rings. The van der Waals surface area contributed by atoms with Crippen LogP contribution in [-0.2, 0) is 4.79 Å². The predicted molar refractivity (Wildman–Crippen MR) is 72.3 cm³/mol. The lowest BCUT2D eigenvalue weighted by Gasteiger charge is -2.32. The molecule has 0 aromatic rings. The Balaban J connectivity index is 1.53. The van der Waals surface area contributed by atoms with Gasteiger partial charge in [-0.2, -0.15) is 0 Å². The van der Waals surface area contributed by atoms with Gasteiger partial charge in [0.25, 0.3) is 0 Å². The largest absolute Gasteiger partial charge is 0.355 e. The molecule has 1 unspecified atom stereocenters. The minimum atomic E-state index is 0.0774. The number of likely N-dealkylation sites (N-methyl/N-ethyl adjacent to an activating group) is 1. The summed E-state index contributed by atoms with van der Waals surface area (Å²) in [7, 11) is 2.15. The second-order valence-corrected chi connectivity index (χ2v) is 5.70. The molecular formula is C13H26N4O. The van der Waals surface area contributed by atoms with Crippen LogP contribution in [0.15, 0.2) is 0 Å². The van der Waals surface area contributed by atoms with Crippen molar-refractivity contribution < 1.29 is 4.79 Å². The third-order valence-electron chi connectivity index (χ3n) is 3.99. The average molecular weight is 254 g/mol. The summed E-state index contributed by atoms with van der Waals surface area (Å²) in [6.45, 7) is 6.17. The summed E-state index contributed by atoms with van der Waals surface area (Å²) >= 11 is 0. The molecule has 1 heterocycles. The van der Waals surface area contributed by atoms with Crippen molar-refractivity contribution in [2.45, 2.75) is 25.3 Å². The van der Waals surface area contributed by atoms with Crippen LogP contribution in [0, 0.1) is 5.92 Å². The number of rotatable bonds is 6. The summed E-state index contributed by atoms with van der Waals surface area (Å²) in [5.41, 5.74) is 5.93. The highest BCUT2D eigenvalue weighted by atomic mass is 16.1. The number of nitrogens with two attached hydrogens (primary N) is 1. The first-order valence-electron chi connectivity index (χ1n) is 7.08. The summed E-state index contributed by atoms with van der Waals surface area (Å²) in [4.78, 5) is 16.4. The highest BCUT2D eigenvalue weighted by Crippen LogP contribution is 2.32. The Hall–Kier alpha value is -0.650. The van der Waals surface area contributed by atoms with Crippen LogP contribution in [0.1, 0.15) is 19.3 Å². The molecule has 5 heteroatoms. The van der Waals surface area contributed by atoms with Gasteiger partial charge in [-0.1, -0.05) is 0 Å². The number of carbonyl (C=O) groups excluding carboxylic acids is 1. The van der Waals surface area contributed by atoms with Gasteiger partial charge in [-0.3, -0.25) is 9.69 Å². The van der Waals surface area contributed by atoms with Crippen molar-refractivity contribution >= 4 is 5.91 Å². The second kappa shape index (κ2) is 6.50. The molecule has 1 atom stereocenters. The minimum absolute atomic E-state index is 0.0774. The Morgan fingerprint density at radius 3 is 2.61 bits per heavy atom. The van der Waals surface area contributed by atoms with Crippen LogP contribution in [0.3, 0.4) is 0 Å². The molecule has 18 heavy (non-hydrogen) atoms. The molecule has 1 saturated carbocycles. The molecule has 0 spiro atoms. The lowest BCUT2D eigenvalue weighted by atomic mass is 10.1. The van der Waals surface area contributed by atoms with E-state index in [0.717, 1.165) is 39.3 Å². The topological polar surface area (TPSA) is 61.6 Å². The van der Waals surface area contributed by atoms with Gasteiger partial charge in [-0.15, -0.1) is 0 Å². The third-order valence-corrected chi connectivity index (χ3v) is 3.99. The molecule has 0 bridgehead atoms.